The van der Waals surface area contributed by atoms with Gasteiger partial charge >= 0.3 is 0 Å². The molecule has 84 valence electrons. The highest BCUT2D eigenvalue weighted by molar-refractivity contribution is 5.17. The van der Waals surface area contributed by atoms with E-state index in [9.17, 15) is 0 Å². The van der Waals surface area contributed by atoms with E-state index in [1.807, 2.05) is 44.4 Å². The van der Waals surface area contributed by atoms with Crippen molar-refractivity contribution in [2.75, 3.05) is 33.8 Å². The van der Waals surface area contributed by atoms with Gasteiger partial charge in [-0.3, -0.25) is 0 Å². The number of rotatable bonds is 6. The van der Waals surface area contributed by atoms with E-state index in [1.54, 1.807) is 0 Å². The average Bonchev–Trinajstić information content (AvgIpc) is 2.25. The predicted molar refractivity (Wildman–Crippen MR) is 62.7 cm³/mol. The number of nitrogens with zero attached hydrogens (tertiary/aromatic N) is 1. The Labute approximate surface area is 91.8 Å². The molecule has 0 aliphatic rings. The molecule has 1 unspecified atom stereocenters. The minimum Gasteiger partial charge on any atom is -0.371 e. The largest absolute Gasteiger partial charge is 0.371 e. The summed E-state index contributed by atoms with van der Waals surface area (Å²) >= 11 is 0. The molecule has 0 saturated carbocycles. The first-order chi connectivity index (χ1) is 7.24. The third kappa shape index (κ3) is 4.42. The number of ether oxygens (including phenoxy) is 1. The first kappa shape index (κ1) is 12.2. The molecule has 1 rings (SSSR count). The van der Waals surface area contributed by atoms with E-state index in [4.69, 9.17) is 10.5 Å². The molecule has 2 N–H and O–H groups in total. The summed E-state index contributed by atoms with van der Waals surface area (Å²) in [5.41, 5.74) is 6.83. The Morgan fingerprint density at radius 3 is 2.47 bits per heavy atom. The number of benzene rings is 1. The summed E-state index contributed by atoms with van der Waals surface area (Å²) in [6.45, 7) is 2.16. The average molecular weight is 208 g/mol. The molecule has 0 amide bonds. The molecule has 0 radical (unpaired) electrons. The van der Waals surface area contributed by atoms with Gasteiger partial charge in [0.05, 0.1) is 12.7 Å². The van der Waals surface area contributed by atoms with Crippen LogP contribution in [0.4, 0.5) is 0 Å². The predicted octanol–water partition coefficient (Wildman–Crippen LogP) is 1.26. The fraction of sp³-hybridized carbons (Fsp3) is 0.500. The number of hydrogen-bond acceptors (Lipinski definition) is 3. The second kappa shape index (κ2) is 6.56. The highest BCUT2D eigenvalue weighted by Gasteiger charge is 2.08. The molecular weight excluding hydrogens is 188 g/mol. The lowest BCUT2D eigenvalue weighted by molar-refractivity contribution is 0.0490. The van der Waals surface area contributed by atoms with Gasteiger partial charge in [-0.25, -0.2) is 0 Å². The summed E-state index contributed by atoms with van der Waals surface area (Å²) in [6, 6.07) is 10.1. The summed E-state index contributed by atoms with van der Waals surface area (Å²) < 4.78 is 5.72. The van der Waals surface area contributed by atoms with Gasteiger partial charge in [-0.05, 0) is 19.7 Å². The Bertz CT molecular complexity index is 262. The molecule has 3 heteroatoms. The maximum Gasteiger partial charge on any atom is 0.0947 e. The van der Waals surface area contributed by atoms with Crippen LogP contribution in [0.25, 0.3) is 0 Å². The van der Waals surface area contributed by atoms with Gasteiger partial charge in [0.25, 0.3) is 0 Å². The summed E-state index contributed by atoms with van der Waals surface area (Å²) in [4.78, 5) is 2.10. The quantitative estimate of drug-likeness (QED) is 0.765. The Morgan fingerprint density at radius 1 is 1.27 bits per heavy atom. The topological polar surface area (TPSA) is 38.5 Å². The number of nitrogens with two attached hydrogens (primary N) is 1. The Morgan fingerprint density at radius 2 is 1.93 bits per heavy atom. The van der Waals surface area contributed by atoms with Crippen LogP contribution >= 0.6 is 0 Å². The molecule has 0 aromatic heterocycles. The molecule has 15 heavy (non-hydrogen) atoms. The summed E-state index contributed by atoms with van der Waals surface area (Å²) in [7, 11) is 4.06. The second-order valence-electron chi connectivity index (χ2n) is 3.81. The smallest absolute Gasteiger partial charge is 0.0947 e. The van der Waals surface area contributed by atoms with Gasteiger partial charge in [0.2, 0.25) is 0 Å². The van der Waals surface area contributed by atoms with Crippen molar-refractivity contribution < 1.29 is 4.74 Å². The summed E-state index contributed by atoms with van der Waals surface area (Å²) in [5.74, 6) is 0. The molecule has 1 atom stereocenters. The molecule has 1 aromatic rings. The minimum absolute atomic E-state index is 0.0196. The van der Waals surface area contributed by atoms with Gasteiger partial charge < -0.3 is 15.4 Å². The third-order valence-electron chi connectivity index (χ3n) is 2.24. The van der Waals surface area contributed by atoms with Gasteiger partial charge in [0.1, 0.15) is 0 Å². The van der Waals surface area contributed by atoms with Crippen LogP contribution in [0.5, 0.6) is 0 Å². The molecule has 0 bridgehead atoms. The molecule has 0 fully saturated rings. The lowest BCUT2D eigenvalue weighted by atomic mass is 10.1. The molecule has 0 heterocycles. The van der Waals surface area contributed by atoms with E-state index in [-0.39, 0.29) is 6.10 Å². The summed E-state index contributed by atoms with van der Waals surface area (Å²) in [5, 5.41) is 0. The van der Waals surface area contributed by atoms with Crippen LogP contribution in [0.3, 0.4) is 0 Å². The van der Waals surface area contributed by atoms with E-state index in [2.05, 4.69) is 4.90 Å². The van der Waals surface area contributed by atoms with Crippen LogP contribution in [-0.4, -0.2) is 38.7 Å². The number of likely N-dealkylation sites (N-methyl/N-ethyl adjacent to an activating group) is 1. The first-order valence-electron chi connectivity index (χ1n) is 5.25. The van der Waals surface area contributed by atoms with Crippen molar-refractivity contribution in [3.05, 3.63) is 35.9 Å². The van der Waals surface area contributed by atoms with Gasteiger partial charge in [0.15, 0.2) is 0 Å². The zero-order valence-electron chi connectivity index (χ0n) is 9.52. The van der Waals surface area contributed by atoms with Gasteiger partial charge in [-0.1, -0.05) is 30.3 Å². The van der Waals surface area contributed by atoms with E-state index < -0.39 is 0 Å². The van der Waals surface area contributed by atoms with E-state index in [1.165, 1.54) is 0 Å². The Kier molecular flexibility index (Phi) is 5.32. The fourth-order valence-corrected chi connectivity index (χ4v) is 1.35. The minimum atomic E-state index is 0.0196. The zero-order valence-corrected chi connectivity index (χ0v) is 9.52. The standard InChI is InChI=1S/C12H20N2O/c1-14(2)8-9-15-12(10-13)11-6-4-3-5-7-11/h3-7,12H,8-10,13H2,1-2H3. The second-order valence-corrected chi connectivity index (χ2v) is 3.81. The van der Waals surface area contributed by atoms with Gasteiger partial charge in [0, 0.05) is 13.1 Å². The SMILES string of the molecule is CN(C)CCOC(CN)c1ccccc1. The van der Waals surface area contributed by atoms with Crippen molar-refractivity contribution >= 4 is 0 Å². The van der Waals surface area contributed by atoms with Crippen molar-refractivity contribution in [1.82, 2.24) is 4.90 Å². The lowest BCUT2D eigenvalue weighted by Gasteiger charge is -2.18. The molecule has 3 nitrogen and oxygen atoms in total. The third-order valence-corrected chi connectivity index (χ3v) is 2.24. The highest BCUT2D eigenvalue weighted by atomic mass is 16.5. The Balaban J connectivity index is 2.43. The molecule has 0 saturated heterocycles. The van der Waals surface area contributed by atoms with Crippen LogP contribution in [0.1, 0.15) is 11.7 Å². The van der Waals surface area contributed by atoms with Crippen molar-refractivity contribution in [2.45, 2.75) is 6.10 Å². The van der Waals surface area contributed by atoms with Crippen LogP contribution in [0.15, 0.2) is 30.3 Å². The molecule has 0 spiro atoms. The molecule has 0 aliphatic heterocycles. The van der Waals surface area contributed by atoms with Crippen LogP contribution in [0, 0.1) is 0 Å². The van der Waals surface area contributed by atoms with Gasteiger partial charge in [-0.2, -0.15) is 0 Å². The van der Waals surface area contributed by atoms with Crippen LogP contribution in [-0.2, 0) is 4.74 Å². The molecule has 0 aliphatic carbocycles. The lowest BCUT2D eigenvalue weighted by Crippen LogP contribution is -2.22. The van der Waals surface area contributed by atoms with Crippen molar-refractivity contribution in [2.24, 2.45) is 5.73 Å². The van der Waals surface area contributed by atoms with Crippen LogP contribution < -0.4 is 5.73 Å². The van der Waals surface area contributed by atoms with E-state index in [0.717, 1.165) is 12.1 Å². The molecular formula is C12H20N2O. The normalized spacial score (nSPS) is 13.1. The molecule has 1 aromatic carbocycles. The van der Waals surface area contributed by atoms with Crippen molar-refractivity contribution in [1.29, 1.82) is 0 Å². The Hall–Kier alpha value is -0.900. The monoisotopic (exact) mass is 208 g/mol. The van der Waals surface area contributed by atoms with Gasteiger partial charge in [-0.15, -0.1) is 0 Å². The first-order valence-corrected chi connectivity index (χ1v) is 5.25. The van der Waals surface area contributed by atoms with Crippen molar-refractivity contribution in [3.63, 3.8) is 0 Å². The fourth-order valence-electron chi connectivity index (χ4n) is 1.35. The maximum absolute atomic E-state index is 5.72. The highest BCUT2D eigenvalue weighted by Crippen LogP contribution is 2.14. The van der Waals surface area contributed by atoms with E-state index in [0.29, 0.717) is 13.2 Å². The van der Waals surface area contributed by atoms with Crippen LogP contribution in [0.2, 0.25) is 0 Å². The summed E-state index contributed by atoms with van der Waals surface area (Å²) in [6.07, 6.45) is 0.0196. The zero-order chi connectivity index (χ0) is 11.1. The van der Waals surface area contributed by atoms with Crippen molar-refractivity contribution in [3.8, 4) is 0 Å². The number of hydrogen-bond donors (Lipinski definition) is 1. The maximum atomic E-state index is 5.72. The van der Waals surface area contributed by atoms with E-state index >= 15 is 0 Å².